The van der Waals surface area contributed by atoms with E-state index >= 15 is 0 Å². The van der Waals surface area contributed by atoms with E-state index < -0.39 is 0 Å². The maximum absolute atomic E-state index is 12.6. The molecule has 2 amide bonds. The van der Waals surface area contributed by atoms with Crippen molar-refractivity contribution in [1.82, 2.24) is 10.3 Å². The van der Waals surface area contributed by atoms with Crippen molar-refractivity contribution in [3.8, 4) is 0 Å². The lowest BCUT2D eigenvalue weighted by Crippen LogP contribution is -2.24. The first-order valence-electron chi connectivity index (χ1n) is 8.27. The van der Waals surface area contributed by atoms with E-state index in [0.29, 0.717) is 22.7 Å². The average Bonchev–Trinajstić information content (AvgIpc) is 3.36. The first-order chi connectivity index (χ1) is 13.2. The molecule has 0 atom stereocenters. The normalized spacial score (nSPS) is 10.7. The summed E-state index contributed by atoms with van der Waals surface area (Å²) in [6.45, 7) is 0.339. The van der Waals surface area contributed by atoms with Gasteiger partial charge in [-0.3, -0.25) is 9.59 Å². The van der Waals surface area contributed by atoms with E-state index in [1.54, 1.807) is 41.7 Å². The van der Waals surface area contributed by atoms with Crippen molar-refractivity contribution < 1.29 is 9.59 Å². The summed E-state index contributed by atoms with van der Waals surface area (Å²) < 4.78 is 1.09. The smallest absolute Gasteiger partial charge is 0.265 e. The van der Waals surface area contributed by atoms with Crippen molar-refractivity contribution in [3.63, 3.8) is 0 Å². The van der Waals surface area contributed by atoms with Gasteiger partial charge in [-0.2, -0.15) is 0 Å². The Labute approximate surface area is 163 Å². The Morgan fingerprint density at radius 2 is 1.74 bits per heavy atom. The average molecular weight is 393 g/mol. The molecule has 0 fully saturated rings. The minimum Gasteiger partial charge on any atom is -0.345 e. The van der Waals surface area contributed by atoms with E-state index in [-0.39, 0.29) is 11.8 Å². The van der Waals surface area contributed by atoms with Crippen molar-refractivity contribution in [3.05, 3.63) is 81.5 Å². The third-order valence-corrected chi connectivity index (χ3v) is 5.81. The predicted octanol–water partition coefficient (Wildman–Crippen LogP) is 4.54. The second-order valence-corrected chi connectivity index (χ2v) is 7.80. The van der Waals surface area contributed by atoms with Crippen molar-refractivity contribution in [1.29, 1.82) is 0 Å². The lowest BCUT2D eigenvalue weighted by atomic mass is 10.1. The van der Waals surface area contributed by atoms with E-state index in [1.807, 2.05) is 35.7 Å². The monoisotopic (exact) mass is 393 g/mol. The number of carbonyl (C=O) groups excluding carboxylic acids is 2. The highest BCUT2D eigenvalue weighted by molar-refractivity contribution is 7.18. The molecule has 0 radical (unpaired) electrons. The number of para-hydroxylation sites is 2. The van der Waals surface area contributed by atoms with Crippen LogP contribution in [0, 0.1) is 0 Å². The van der Waals surface area contributed by atoms with Crippen molar-refractivity contribution in [2.45, 2.75) is 6.54 Å². The van der Waals surface area contributed by atoms with Gasteiger partial charge in [0.15, 0.2) is 0 Å². The lowest BCUT2D eigenvalue weighted by Gasteiger charge is -2.10. The van der Waals surface area contributed by atoms with Crippen LogP contribution >= 0.6 is 22.7 Å². The Morgan fingerprint density at radius 1 is 0.926 bits per heavy atom. The number of thiophene rings is 1. The molecule has 27 heavy (non-hydrogen) atoms. The van der Waals surface area contributed by atoms with E-state index in [0.717, 1.165) is 15.2 Å². The maximum Gasteiger partial charge on any atom is 0.265 e. The highest BCUT2D eigenvalue weighted by atomic mass is 32.1. The molecule has 0 saturated heterocycles. The molecule has 2 heterocycles. The highest BCUT2D eigenvalue weighted by Crippen LogP contribution is 2.22. The molecule has 0 aliphatic rings. The Balaban J connectivity index is 1.47. The molecule has 5 nitrogen and oxygen atoms in total. The zero-order valence-electron chi connectivity index (χ0n) is 14.1. The van der Waals surface area contributed by atoms with Crippen LogP contribution in [-0.2, 0) is 6.54 Å². The van der Waals surface area contributed by atoms with E-state index in [1.165, 1.54) is 11.3 Å². The number of rotatable bonds is 5. The number of benzene rings is 2. The molecule has 4 rings (SSSR count). The van der Waals surface area contributed by atoms with Crippen LogP contribution in [0.3, 0.4) is 0 Å². The molecule has 7 heteroatoms. The Kier molecular flexibility index (Phi) is 4.95. The number of thiazole rings is 1. The molecule has 0 saturated carbocycles. The number of aromatic nitrogens is 1. The van der Waals surface area contributed by atoms with Crippen molar-refractivity contribution >= 4 is 50.4 Å². The van der Waals surface area contributed by atoms with Gasteiger partial charge in [0.2, 0.25) is 0 Å². The summed E-state index contributed by atoms with van der Waals surface area (Å²) in [5.74, 6) is -0.479. The summed E-state index contributed by atoms with van der Waals surface area (Å²) in [5.41, 5.74) is 1.83. The van der Waals surface area contributed by atoms with Crippen LogP contribution in [0.1, 0.15) is 25.0 Å². The van der Waals surface area contributed by atoms with E-state index in [9.17, 15) is 9.59 Å². The summed E-state index contributed by atoms with van der Waals surface area (Å²) in [5, 5.41) is 8.37. The molecule has 2 N–H and O–H groups in total. The first kappa shape index (κ1) is 17.4. The zero-order valence-corrected chi connectivity index (χ0v) is 15.8. The summed E-state index contributed by atoms with van der Waals surface area (Å²) in [4.78, 5) is 30.0. The van der Waals surface area contributed by atoms with Gasteiger partial charge < -0.3 is 10.6 Å². The molecule has 0 bridgehead atoms. The molecule has 0 spiro atoms. The van der Waals surface area contributed by atoms with Crippen LogP contribution in [0.15, 0.2) is 66.0 Å². The number of nitrogens with zero attached hydrogens (tertiary/aromatic N) is 1. The number of amides is 2. The number of fused-ring (bicyclic) bond motifs is 1. The standard InChI is InChI=1S/C20H15N3O2S2/c24-19(21-12-18-22-15-8-3-4-9-16(15)27-18)13-6-1-2-7-14(13)23-20(25)17-10-5-11-26-17/h1-11H,12H2,(H,21,24)(H,23,25). The quantitative estimate of drug-likeness (QED) is 0.523. The van der Waals surface area contributed by atoms with Crippen LogP contribution < -0.4 is 10.6 Å². The zero-order chi connectivity index (χ0) is 18.6. The summed E-state index contributed by atoms with van der Waals surface area (Å²) in [7, 11) is 0. The van der Waals surface area contributed by atoms with Crippen LogP contribution in [0.2, 0.25) is 0 Å². The Hall–Kier alpha value is -3.03. The third-order valence-electron chi connectivity index (χ3n) is 3.90. The van der Waals surface area contributed by atoms with Gasteiger partial charge in [0.25, 0.3) is 11.8 Å². The topological polar surface area (TPSA) is 71.1 Å². The molecular weight excluding hydrogens is 378 g/mol. The third kappa shape index (κ3) is 3.89. The first-order valence-corrected chi connectivity index (χ1v) is 9.97. The summed E-state index contributed by atoms with van der Waals surface area (Å²) in [6, 6.07) is 18.4. The lowest BCUT2D eigenvalue weighted by molar-refractivity contribution is 0.0951. The number of hydrogen-bond acceptors (Lipinski definition) is 5. The van der Waals surface area contributed by atoms with Gasteiger partial charge in [0.1, 0.15) is 5.01 Å². The highest BCUT2D eigenvalue weighted by Gasteiger charge is 2.15. The van der Waals surface area contributed by atoms with Gasteiger partial charge in [0.05, 0.1) is 32.9 Å². The molecule has 0 unspecified atom stereocenters. The number of anilines is 1. The van der Waals surface area contributed by atoms with Gasteiger partial charge in [-0.25, -0.2) is 4.98 Å². The molecular formula is C20H15N3O2S2. The largest absolute Gasteiger partial charge is 0.345 e. The molecule has 134 valence electrons. The molecule has 2 aromatic heterocycles. The summed E-state index contributed by atoms with van der Waals surface area (Å²) >= 11 is 2.91. The maximum atomic E-state index is 12.6. The van der Waals surface area contributed by atoms with Gasteiger partial charge in [0, 0.05) is 0 Å². The van der Waals surface area contributed by atoms with E-state index in [4.69, 9.17) is 0 Å². The van der Waals surface area contributed by atoms with Gasteiger partial charge in [-0.1, -0.05) is 30.3 Å². The SMILES string of the molecule is O=C(Nc1ccccc1C(=O)NCc1nc2ccccc2s1)c1cccs1. The number of carbonyl (C=O) groups is 2. The van der Waals surface area contributed by atoms with Crippen molar-refractivity contribution in [2.24, 2.45) is 0 Å². The number of hydrogen-bond donors (Lipinski definition) is 2. The molecule has 4 aromatic rings. The van der Waals surface area contributed by atoms with Gasteiger partial charge in [-0.15, -0.1) is 22.7 Å². The fraction of sp³-hybridized carbons (Fsp3) is 0.0500. The molecule has 2 aromatic carbocycles. The van der Waals surface area contributed by atoms with E-state index in [2.05, 4.69) is 15.6 Å². The summed E-state index contributed by atoms with van der Waals surface area (Å²) in [6.07, 6.45) is 0. The second kappa shape index (κ2) is 7.69. The van der Waals surface area contributed by atoms with Crippen LogP contribution in [-0.4, -0.2) is 16.8 Å². The second-order valence-electron chi connectivity index (χ2n) is 5.74. The minimum absolute atomic E-state index is 0.226. The fourth-order valence-corrected chi connectivity index (χ4v) is 4.15. The Morgan fingerprint density at radius 3 is 2.56 bits per heavy atom. The molecule has 0 aliphatic heterocycles. The molecule has 0 aliphatic carbocycles. The van der Waals surface area contributed by atoms with Crippen molar-refractivity contribution in [2.75, 3.05) is 5.32 Å². The van der Waals surface area contributed by atoms with Crippen LogP contribution in [0.25, 0.3) is 10.2 Å². The minimum atomic E-state index is -0.253. The predicted molar refractivity (Wildman–Crippen MR) is 110 cm³/mol. The van der Waals surface area contributed by atoms with Crippen LogP contribution in [0.4, 0.5) is 5.69 Å². The number of nitrogens with one attached hydrogen (secondary N) is 2. The Bertz CT molecular complexity index is 1070. The fourth-order valence-electron chi connectivity index (χ4n) is 2.63. The van der Waals surface area contributed by atoms with Crippen LogP contribution in [0.5, 0.6) is 0 Å². The van der Waals surface area contributed by atoms with Gasteiger partial charge in [-0.05, 0) is 35.7 Å². The van der Waals surface area contributed by atoms with Gasteiger partial charge >= 0.3 is 0 Å².